The third-order valence-corrected chi connectivity index (χ3v) is 5.30. The number of likely N-dealkylation sites (N-methyl/N-ethyl adjacent to an activating group) is 1. The summed E-state index contributed by atoms with van der Waals surface area (Å²) in [6, 6.07) is 0.922. The van der Waals surface area contributed by atoms with Crippen LogP contribution in [0.3, 0.4) is 0 Å². The van der Waals surface area contributed by atoms with Crippen molar-refractivity contribution in [3.63, 3.8) is 0 Å². The van der Waals surface area contributed by atoms with E-state index in [4.69, 9.17) is 0 Å². The second-order valence-corrected chi connectivity index (χ2v) is 6.92. The summed E-state index contributed by atoms with van der Waals surface area (Å²) >= 11 is 0. The molecule has 22 heavy (non-hydrogen) atoms. The molecule has 1 aromatic rings. The summed E-state index contributed by atoms with van der Waals surface area (Å²) in [5.74, 6) is 1.12. The van der Waals surface area contributed by atoms with Crippen LogP contribution in [0, 0.1) is 0 Å². The van der Waals surface area contributed by atoms with Gasteiger partial charge in [-0.25, -0.2) is 4.68 Å². The molecule has 2 aliphatic rings. The largest absolute Gasteiger partial charge is 0.304 e. The first-order chi connectivity index (χ1) is 10.8. The van der Waals surface area contributed by atoms with E-state index >= 15 is 0 Å². The molecule has 124 valence electrons. The van der Waals surface area contributed by atoms with Gasteiger partial charge >= 0.3 is 0 Å². The average molecular weight is 306 g/mol. The van der Waals surface area contributed by atoms with Crippen LogP contribution < -0.4 is 0 Å². The van der Waals surface area contributed by atoms with E-state index < -0.39 is 0 Å². The maximum Gasteiger partial charge on any atom is 0.168 e. The van der Waals surface area contributed by atoms with E-state index in [-0.39, 0.29) is 0 Å². The highest BCUT2D eigenvalue weighted by atomic mass is 15.6. The molecule has 0 aromatic carbocycles. The molecule has 1 aliphatic carbocycles. The van der Waals surface area contributed by atoms with Crippen molar-refractivity contribution in [2.45, 2.75) is 64.0 Å². The summed E-state index contributed by atoms with van der Waals surface area (Å²) in [6.45, 7) is 6.81. The fraction of sp³-hybridized carbons (Fsp3) is 0.938. The summed E-state index contributed by atoms with van der Waals surface area (Å²) < 4.78 is 2.16. The fourth-order valence-electron chi connectivity index (χ4n) is 3.83. The molecule has 2 heterocycles. The molecule has 0 radical (unpaired) electrons. The van der Waals surface area contributed by atoms with Crippen molar-refractivity contribution in [1.82, 2.24) is 30.0 Å². The molecule has 1 aliphatic heterocycles. The summed E-state index contributed by atoms with van der Waals surface area (Å²) in [5.41, 5.74) is 0. The normalized spacial score (nSPS) is 23.2. The molecule has 0 amide bonds. The Bertz CT molecular complexity index is 445. The van der Waals surface area contributed by atoms with Crippen LogP contribution in [-0.4, -0.2) is 63.2 Å². The maximum atomic E-state index is 4.45. The Hall–Kier alpha value is -1.01. The molecule has 1 atom stereocenters. The SMILES string of the molecule is CCCCC(c1nnnn1C1CCCC1)N1CCN(C)CC1. The number of aromatic nitrogens is 4. The van der Waals surface area contributed by atoms with Crippen LogP contribution in [0.15, 0.2) is 0 Å². The number of nitrogens with zero attached hydrogens (tertiary/aromatic N) is 6. The Balaban J connectivity index is 1.78. The molecule has 1 aromatic heterocycles. The van der Waals surface area contributed by atoms with Crippen LogP contribution >= 0.6 is 0 Å². The third-order valence-electron chi connectivity index (χ3n) is 5.30. The van der Waals surface area contributed by atoms with Gasteiger partial charge in [0.15, 0.2) is 5.82 Å². The second-order valence-electron chi connectivity index (χ2n) is 6.92. The number of hydrogen-bond donors (Lipinski definition) is 0. The van der Waals surface area contributed by atoms with Crippen LogP contribution in [-0.2, 0) is 0 Å². The summed E-state index contributed by atoms with van der Waals surface area (Å²) in [7, 11) is 2.21. The molecule has 0 bridgehead atoms. The van der Waals surface area contributed by atoms with Gasteiger partial charge in [0, 0.05) is 26.2 Å². The number of rotatable bonds is 6. The highest BCUT2D eigenvalue weighted by Crippen LogP contribution is 2.33. The number of tetrazole rings is 1. The molecule has 6 heteroatoms. The van der Waals surface area contributed by atoms with Crippen molar-refractivity contribution >= 4 is 0 Å². The number of piperazine rings is 1. The Morgan fingerprint density at radius 1 is 1.14 bits per heavy atom. The lowest BCUT2D eigenvalue weighted by Crippen LogP contribution is -2.46. The van der Waals surface area contributed by atoms with Gasteiger partial charge in [-0.15, -0.1) is 5.10 Å². The van der Waals surface area contributed by atoms with Gasteiger partial charge in [-0.05, 0) is 36.7 Å². The van der Waals surface area contributed by atoms with E-state index in [0.717, 1.165) is 32.0 Å². The van der Waals surface area contributed by atoms with Crippen LogP contribution in [0.2, 0.25) is 0 Å². The van der Waals surface area contributed by atoms with E-state index in [1.807, 2.05) is 0 Å². The number of hydrogen-bond acceptors (Lipinski definition) is 5. The van der Waals surface area contributed by atoms with Crippen LogP contribution in [0.25, 0.3) is 0 Å². The first kappa shape index (κ1) is 15.9. The minimum Gasteiger partial charge on any atom is -0.304 e. The first-order valence-corrected chi connectivity index (χ1v) is 9.00. The predicted octanol–water partition coefficient (Wildman–Crippen LogP) is 2.27. The van der Waals surface area contributed by atoms with Crippen molar-refractivity contribution in [3.8, 4) is 0 Å². The molecule has 6 nitrogen and oxygen atoms in total. The van der Waals surface area contributed by atoms with E-state index in [1.165, 1.54) is 44.9 Å². The molecule has 0 N–H and O–H groups in total. The zero-order chi connectivity index (χ0) is 15.4. The molecule has 1 saturated carbocycles. The van der Waals surface area contributed by atoms with Crippen molar-refractivity contribution in [2.75, 3.05) is 33.2 Å². The molecular formula is C16H30N6. The zero-order valence-corrected chi connectivity index (χ0v) is 14.1. The fourth-order valence-corrected chi connectivity index (χ4v) is 3.83. The van der Waals surface area contributed by atoms with E-state index in [0.29, 0.717) is 12.1 Å². The zero-order valence-electron chi connectivity index (χ0n) is 14.1. The molecule has 0 spiro atoms. The summed E-state index contributed by atoms with van der Waals surface area (Å²) in [4.78, 5) is 5.01. The lowest BCUT2D eigenvalue weighted by atomic mass is 10.1. The van der Waals surface area contributed by atoms with Gasteiger partial charge in [0.05, 0.1) is 12.1 Å². The first-order valence-electron chi connectivity index (χ1n) is 9.00. The Labute approximate surface area is 133 Å². The Morgan fingerprint density at radius 3 is 2.55 bits per heavy atom. The van der Waals surface area contributed by atoms with Gasteiger partial charge < -0.3 is 4.90 Å². The molecule has 2 fully saturated rings. The molecule has 1 unspecified atom stereocenters. The molecular weight excluding hydrogens is 276 g/mol. The van der Waals surface area contributed by atoms with Gasteiger partial charge in [0.1, 0.15) is 0 Å². The van der Waals surface area contributed by atoms with Crippen LogP contribution in [0.1, 0.15) is 69.8 Å². The molecule has 1 saturated heterocycles. The minimum absolute atomic E-state index is 0.393. The van der Waals surface area contributed by atoms with Crippen molar-refractivity contribution in [1.29, 1.82) is 0 Å². The van der Waals surface area contributed by atoms with E-state index in [1.54, 1.807) is 0 Å². The van der Waals surface area contributed by atoms with Crippen LogP contribution in [0.5, 0.6) is 0 Å². The smallest absolute Gasteiger partial charge is 0.168 e. The highest BCUT2D eigenvalue weighted by molar-refractivity contribution is 4.97. The summed E-state index contributed by atoms with van der Waals surface area (Å²) in [6.07, 6.45) is 8.76. The average Bonchev–Trinajstić information content (AvgIpc) is 3.20. The second kappa shape index (κ2) is 7.51. The van der Waals surface area contributed by atoms with Crippen LogP contribution in [0.4, 0.5) is 0 Å². The van der Waals surface area contributed by atoms with Gasteiger partial charge in [-0.3, -0.25) is 4.90 Å². The third kappa shape index (κ3) is 3.49. The lowest BCUT2D eigenvalue weighted by molar-refractivity contribution is 0.0975. The highest BCUT2D eigenvalue weighted by Gasteiger charge is 2.30. The predicted molar refractivity (Wildman–Crippen MR) is 86.7 cm³/mol. The standard InChI is InChI=1S/C16H30N6/c1-3-4-9-15(21-12-10-20(2)11-13-21)16-17-18-19-22(16)14-7-5-6-8-14/h14-15H,3-13H2,1-2H3. The van der Waals surface area contributed by atoms with Crippen molar-refractivity contribution in [3.05, 3.63) is 5.82 Å². The van der Waals surface area contributed by atoms with Crippen molar-refractivity contribution in [2.24, 2.45) is 0 Å². The van der Waals surface area contributed by atoms with Gasteiger partial charge in [0.25, 0.3) is 0 Å². The minimum atomic E-state index is 0.393. The van der Waals surface area contributed by atoms with E-state index in [2.05, 4.69) is 44.0 Å². The quantitative estimate of drug-likeness (QED) is 0.807. The number of unbranched alkanes of at least 4 members (excludes halogenated alkanes) is 1. The molecule has 3 rings (SSSR count). The Morgan fingerprint density at radius 2 is 1.86 bits per heavy atom. The monoisotopic (exact) mass is 306 g/mol. The lowest BCUT2D eigenvalue weighted by Gasteiger charge is -2.37. The van der Waals surface area contributed by atoms with Gasteiger partial charge in [-0.2, -0.15) is 0 Å². The van der Waals surface area contributed by atoms with Gasteiger partial charge in [-0.1, -0.05) is 32.6 Å². The topological polar surface area (TPSA) is 50.1 Å². The maximum absolute atomic E-state index is 4.45. The van der Waals surface area contributed by atoms with E-state index in [9.17, 15) is 0 Å². The van der Waals surface area contributed by atoms with Gasteiger partial charge in [0.2, 0.25) is 0 Å². The summed E-state index contributed by atoms with van der Waals surface area (Å²) in [5, 5.41) is 12.8. The Kier molecular flexibility index (Phi) is 5.41. The van der Waals surface area contributed by atoms with Crippen molar-refractivity contribution < 1.29 is 0 Å².